The second-order valence-electron chi connectivity index (χ2n) is 20.1. The summed E-state index contributed by atoms with van der Waals surface area (Å²) in [6.45, 7) is 0.966. The average molecular weight is 1130 g/mol. The van der Waals surface area contributed by atoms with E-state index in [2.05, 4.69) is 38.4 Å². The third-order valence-corrected chi connectivity index (χ3v) is 16.6. The highest BCUT2D eigenvalue weighted by Gasteiger charge is 2.51. The Hall–Kier alpha value is -7.42. The highest BCUT2D eigenvalue weighted by molar-refractivity contribution is 7.52. The highest BCUT2D eigenvalue weighted by atomic mass is 32.1. The van der Waals surface area contributed by atoms with Crippen molar-refractivity contribution >= 4 is 82.2 Å². The summed E-state index contributed by atoms with van der Waals surface area (Å²) in [5, 5.41) is 13.5. The summed E-state index contributed by atoms with van der Waals surface area (Å²) in [6.07, 6.45) is 3.37. The number of nitrogens with two attached hydrogens (primary N) is 1. The van der Waals surface area contributed by atoms with Crippen LogP contribution < -0.4 is 32.3 Å². The maximum absolute atomic E-state index is 14.5. The van der Waals surface area contributed by atoms with Gasteiger partial charge in [-0.25, -0.2) is 0 Å². The molecule has 9 amide bonds. The summed E-state index contributed by atoms with van der Waals surface area (Å²) in [4.78, 5) is 143. The van der Waals surface area contributed by atoms with Gasteiger partial charge in [-0.1, -0.05) is 60.7 Å². The molecule has 0 bridgehead atoms. The number of hydrogen-bond donors (Lipinski definition) is 8. The molecular weight excluding hydrogens is 1070 g/mol. The van der Waals surface area contributed by atoms with E-state index >= 15 is 0 Å². The molecule has 3 saturated heterocycles. The van der Waals surface area contributed by atoms with Gasteiger partial charge in [0.15, 0.2) is 0 Å². The number of imide groups is 1. The zero-order chi connectivity index (χ0) is 56.8. The summed E-state index contributed by atoms with van der Waals surface area (Å²) < 4.78 is 41.0. The number of carbonyl (C=O) groups excluding carboxylic acids is 9. The van der Waals surface area contributed by atoms with E-state index < -0.39 is 96.4 Å². The van der Waals surface area contributed by atoms with Gasteiger partial charge in [-0.15, -0.1) is 11.3 Å². The molecule has 4 aromatic rings. The number of nitrogens with zero attached hydrogens (tertiary/aromatic N) is 3. The van der Waals surface area contributed by atoms with E-state index in [0.29, 0.717) is 66.5 Å². The molecule has 0 saturated carbocycles. The van der Waals surface area contributed by atoms with Crippen molar-refractivity contribution in [2.24, 2.45) is 5.73 Å². The van der Waals surface area contributed by atoms with E-state index in [-0.39, 0.29) is 73.8 Å². The average Bonchev–Trinajstić information content (AvgIpc) is 4.31. The van der Waals surface area contributed by atoms with Crippen LogP contribution in [0.2, 0.25) is 0 Å². The van der Waals surface area contributed by atoms with Crippen LogP contribution in [0.3, 0.4) is 0 Å². The Morgan fingerprint density at radius 2 is 1.70 bits per heavy atom. The van der Waals surface area contributed by atoms with Gasteiger partial charge in [0.2, 0.25) is 41.4 Å². The fourth-order valence-corrected chi connectivity index (χ4v) is 11.8. The van der Waals surface area contributed by atoms with Crippen LogP contribution in [0.1, 0.15) is 119 Å². The van der Waals surface area contributed by atoms with Gasteiger partial charge in [-0.2, -0.15) is 8.78 Å². The van der Waals surface area contributed by atoms with E-state index in [0.717, 1.165) is 29.0 Å². The quantitative estimate of drug-likeness (QED) is 0.0290. The third-order valence-electron chi connectivity index (χ3n) is 14.5. The van der Waals surface area contributed by atoms with Gasteiger partial charge in [-0.3, -0.25) is 53.0 Å². The summed E-state index contributed by atoms with van der Waals surface area (Å²) in [7, 11) is -4.10. The van der Waals surface area contributed by atoms with Gasteiger partial charge < -0.3 is 51.5 Å². The van der Waals surface area contributed by atoms with Crippen LogP contribution in [-0.4, -0.2) is 135 Å². The van der Waals surface area contributed by atoms with Gasteiger partial charge in [0, 0.05) is 66.3 Å². The molecule has 3 fully saturated rings. The highest BCUT2D eigenvalue weighted by Crippen LogP contribution is 2.59. The Kier molecular flexibility index (Phi) is 18.1. The monoisotopic (exact) mass is 1130 g/mol. The lowest BCUT2D eigenvalue weighted by Crippen LogP contribution is -2.61. The van der Waals surface area contributed by atoms with Crippen LogP contribution in [0.5, 0.6) is 0 Å². The van der Waals surface area contributed by atoms with Crippen LogP contribution in [0.15, 0.2) is 72.8 Å². The molecule has 3 aromatic carbocycles. The van der Waals surface area contributed by atoms with E-state index in [1.54, 1.807) is 49.5 Å². The number of fused-ring (bicyclic) bond motifs is 3. The van der Waals surface area contributed by atoms with Crippen LogP contribution in [0.25, 0.3) is 10.1 Å². The molecule has 21 nitrogen and oxygen atoms in total. The Morgan fingerprint density at radius 1 is 0.924 bits per heavy atom. The number of alkyl halides is 2. The Labute approximate surface area is 456 Å². The second-order valence-corrected chi connectivity index (χ2v) is 22.8. The number of benzene rings is 3. The predicted octanol–water partition coefficient (Wildman–Crippen LogP) is 3.02. The molecule has 4 aliphatic heterocycles. The first kappa shape index (κ1) is 57.7. The summed E-state index contributed by atoms with van der Waals surface area (Å²) in [5.74, 6) is 1.05. The molecule has 5 heterocycles. The number of hydrogen-bond acceptors (Lipinski definition) is 12. The molecule has 1 unspecified atom stereocenters. The summed E-state index contributed by atoms with van der Waals surface area (Å²) in [6, 6.07) is 11.8. The number of nitrogens with one attached hydrogen (secondary N) is 5. The Morgan fingerprint density at radius 3 is 2.43 bits per heavy atom. The minimum absolute atomic E-state index is 0.0257. The molecule has 4 aliphatic rings. The van der Waals surface area contributed by atoms with Crippen molar-refractivity contribution in [1.29, 1.82) is 0 Å². The van der Waals surface area contributed by atoms with Gasteiger partial charge in [0.25, 0.3) is 11.8 Å². The maximum atomic E-state index is 14.5. The van der Waals surface area contributed by atoms with Crippen molar-refractivity contribution in [2.75, 3.05) is 26.7 Å². The number of halogens is 2. The first-order valence-electron chi connectivity index (χ1n) is 25.9. The minimum Gasteiger partial charge on any atom is -0.370 e. The van der Waals surface area contributed by atoms with Crippen molar-refractivity contribution in [2.45, 2.75) is 119 Å². The molecule has 0 spiro atoms. The van der Waals surface area contributed by atoms with Crippen molar-refractivity contribution < 1.29 is 66.3 Å². The van der Waals surface area contributed by atoms with Crippen LogP contribution in [-0.2, 0) is 50.3 Å². The minimum atomic E-state index is -5.86. The molecule has 418 valence electrons. The van der Waals surface area contributed by atoms with Crippen molar-refractivity contribution in [3.63, 3.8) is 0 Å². The second kappa shape index (κ2) is 24.7. The lowest BCUT2D eigenvalue weighted by molar-refractivity contribution is -0.144. The molecule has 0 aliphatic carbocycles. The molecule has 25 heteroatoms. The van der Waals surface area contributed by atoms with Gasteiger partial charge in [0.1, 0.15) is 30.2 Å². The number of carbonyl (C=O) groups is 9. The van der Waals surface area contributed by atoms with Gasteiger partial charge in [-0.05, 0) is 105 Å². The molecule has 1 aromatic heterocycles. The molecular formula is C54H60F2N9O12PS. The van der Waals surface area contributed by atoms with E-state index in [4.69, 9.17) is 5.73 Å². The largest absolute Gasteiger partial charge is 0.399 e. The standard InChI is InChI=1S/C54H60F2N9O12PS/c1-63-26-24-35-17-19-41(65(35)53(74)39(30-63)60-50(71)43-28-33-27-34(16-21-42(33)79-43)54(55,56)78(75,76)77)49(70)59-38(18-22-44(57)66)47(68)62-46(32-12-7-5-8-13-32)51(72)58-25-9-4-2-3-6-11-31-14-10-15-36-37(31)29-64(52(36)73)40-20-23-45(67)61-48(40)69/h5,7-8,10,12-16,21,27-28,35,38-41,46H,2-4,9,17-20,22-26,29-30H2,1H3,(H2,57,66)(H,58,72)(H,59,70)(H,60,71)(H,62,68)(H,61,67,69)(H2,75,76,77)/t35-,38+,39+,40?,41+,46+/m1/s1. The number of thiophene rings is 1. The number of unbranched alkanes of at least 4 members (excludes halogenated alkanes) is 3. The topological polar surface area (TPSA) is 307 Å². The normalized spacial score (nSPS) is 20.4. The SMILES string of the molecule is CN1CC[C@H]2CC[C@@H](C(=O)N[C@@H](CCC(N)=O)C(=O)N[C@H](C(=O)NCCCCCC#Cc3cccc4c3CN(C3CCC(=O)NC3=O)C4=O)c3ccccc3)N2C(=O)[C@@H](NC(=O)c2cc3cc(C(F)(F)P(=O)(O)O)ccc3s2)C1. The third kappa shape index (κ3) is 13.4. The summed E-state index contributed by atoms with van der Waals surface area (Å²) >= 11 is 0.916. The Bertz CT molecular complexity index is 3180. The molecule has 8 rings (SSSR count). The Balaban J connectivity index is 0.874. The van der Waals surface area contributed by atoms with Crippen LogP contribution in [0.4, 0.5) is 8.78 Å². The zero-order valence-corrected chi connectivity index (χ0v) is 44.7. The smallest absolute Gasteiger partial charge is 0.370 e. The van der Waals surface area contributed by atoms with Gasteiger partial charge >= 0.3 is 13.3 Å². The van der Waals surface area contributed by atoms with Crippen LogP contribution >= 0.6 is 18.9 Å². The number of amides is 9. The lowest BCUT2D eigenvalue weighted by Gasteiger charge is -2.38. The summed E-state index contributed by atoms with van der Waals surface area (Å²) in [5.41, 5.74) is 2.40. The van der Waals surface area contributed by atoms with Gasteiger partial charge in [0.05, 0.1) is 4.88 Å². The van der Waals surface area contributed by atoms with Crippen molar-refractivity contribution in [3.8, 4) is 11.8 Å². The lowest BCUT2D eigenvalue weighted by atomic mass is 10.0. The zero-order valence-electron chi connectivity index (χ0n) is 43.0. The molecule has 9 N–H and O–H groups in total. The fraction of sp³-hybridized carbons (Fsp3) is 0.426. The molecule has 6 atom stereocenters. The van der Waals surface area contributed by atoms with E-state index in [1.165, 1.54) is 21.9 Å². The van der Waals surface area contributed by atoms with Crippen LogP contribution in [0, 0.1) is 11.8 Å². The van der Waals surface area contributed by atoms with Crippen molar-refractivity contribution in [3.05, 3.63) is 105 Å². The van der Waals surface area contributed by atoms with Crippen molar-refractivity contribution in [1.82, 2.24) is 41.3 Å². The van der Waals surface area contributed by atoms with E-state index in [1.807, 2.05) is 11.0 Å². The first-order chi connectivity index (χ1) is 37.6. The number of piperidine rings is 1. The number of rotatable bonds is 19. The molecule has 79 heavy (non-hydrogen) atoms. The van der Waals surface area contributed by atoms with E-state index in [9.17, 15) is 66.3 Å². The number of likely N-dealkylation sites (N-methyl/N-ethyl adjacent to an activating group) is 1. The molecule has 0 radical (unpaired) electrons. The first-order valence-corrected chi connectivity index (χ1v) is 28.3. The fourth-order valence-electron chi connectivity index (χ4n) is 10.3. The maximum Gasteiger partial charge on any atom is 0.399 e. The predicted molar refractivity (Wildman–Crippen MR) is 283 cm³/mol. The number of primary amides is 1.